The summed E-state index contributed by atoms with van der Waals surface area (Å²) in [6.07, 6.45) is 0.784. The minimum atomic E-state index is -0.905. The van der Waals surface area contributed by atoms with E-state index in [4.69, 9.17) is 14.6 Å². The molecule has 1 amide bonds. The molecule has 6 nitrogen and oxygen atoms in total. The summed E-state index contributed by atoms with van der Waals surface area (Å²) in [6, 6.07) is 9.84. The molecule has 2 heterocycles. The lowest BCUT2D eigenvalue weighted by Crippen LogP contribution is -2.55. The van der Waals surface area contributed by atoms with Crippen LogP contribution >= 0.6 is 0 Å². The van der Waals surface area contributed by atoms with Gasteiger partial charge in [0.25, 0.3) is 0 Å². The first-order chi connectivity index (χ1) is 11.6. The number of carbonyl (C=O) groups is 2. The Balaban J connectivity index is 1.82. The lowest BCUT2D eigenvalue weighted by Gasteiger charge is -2.42. The van der Waals surface area contributed by atoms with Gasteiger partial charge in [0.2, 0.25) is 5.91 Å². The number of carboxylic acids is 1. The molecule has 2 aliphatic heterocycles. The molecular formula is C18H23NO5. The maximum absolute atomic E-state index is 13.4. The summed E-state index contributed by atoms with van der Waals surface area (Å²) < 4.78 is 11.0. The first-order valence-corrected chi connectivity index (χ1v) is 8.38. The highest BCUT2D eigenvalue weighted by Crippen LogP contribution is 2.37. The highest BCUT2D eigenvalue weighted by atomic mass is 16.5. The number of ether oxygens (including phenoxy) is 2. The van der Waals surface area contributed by atoms with Crippen molar-refractivity contribution in [2.24, 2.45) is 0 Å². The Hall–Kier alpha value is -1.92. The number of aliphatic carboxylic acids is 1. The molecule has 2 saturated heterocycles. The topological polar surface area (TPSA) is 76.1 Å². The zero-order valence-corrected chi connectivity index (χ0v) is 13.6. The standard InChI is InChI=1S/C18H23NO5/c20-16(21)12-15-13-19(8-11-24-15)17(22)18(6-9-23-10-7-18)14-4-2-1-3-5-14/h1-5,15H,6-13H2,(H,20,21). The fourth-order valence-electron chi connectivity index (χ4n) is 3.63. The molecule has 0 spiro atoms. The third-order valence-electron chi connectivity index (χ3n) is 4.91. The van der Waals surface area contributed by atoms with Gasteiger partial charge >= 0.3 is 5.97 Å². The van der Waals surface area contributed by atoms with E-state index in [0.717, 1.165) is 5.56 Å². The van der Waals surface area contributed by atoms with Gasteiger partial charge in [-0.05, 0) is 18.4 Å². The molecule has 24 heavy (non-hydrogen) atoms. The minimum absolute atomic E-state index is 0.0655. The fourth-order valence-corrected chi connectivity index (χ4v) is 3.63. The lowest BCUT2D eigenvalue weighted by atomic mass is 9.73. The largest absolute Gasteiger partial charge is 0.481 e. The second kappa shape index (κ2) is 7.32. The molecular weight excluding hydrogens is 310 g/mol. The SMILES string of the molecule is O=C(O)CC1CN(C(=O)C2(c3ccccc3)CCOCC2)CCO1. The Labute approximate surface area is 141 Å². The van der Waals surface area contributed by atoms with Gasteiger partial charge in [-0.1, -0.05) is 30.3 Å². The van der Waals surface area contributed by atoms with Crippen molar-refractivity contribution in [2.45, 2.75) is 30.8 Å². The Kier molecular flexibility index (Phi) is 5.16. The molecule has 2 fully saturated rings. The van der Waals surface area contributed by atoms with E-state index in [-0.39, 0.29) is 12.3 Å². The Morgan fingerprint density at radius 1 is 1.17 bits per heavy atom. The van der Waals surface area contributed by atoms with Gasteiger partial charge in [-0.25, -0.2) is 0 Å². The Morgan fingerprint density at radius 3 is 2.54 bits per heavy atom. The van der Waals surface area contributed by atoms with Crippen molar-refractivity contribution in [1.29, 1.82) is 0 Å². The van der Waals surface area contributed by atoms with Crippen LogP contribution in [0.1, 0.15) is 24.8 Å². The maximum Gasteiger partial charge on any atom is 0.306 e. The number of amides is 1. The fraction of sp³-hybridized carbons (Fsp3) is 0.556. The summed E-state index contributed by atoms with van der Waals surface area (Å²) in [6.45, 7) is 2.34. The van der Waals surface area contributed by atoms with Crippen molar-refractivity contribution in [2.75, 3.05) is 32.9 Å². The van der Waals surface area contributed by atoms with E-state index in [1.165, 1.54) is 0 Å². The first-order valence-electron chi connectivity index (χ1n) is 8.38. The van der Waals surface area contributed by atoms with Crippen molar-refractivity contribution < 1.29 is 24.2 Å². The van der Waals surface area contributed by atoms with Gasteiger partial charge < -0.3 is 19.5 Å². The number of carbonyl (C=O) groups excluding carboxylic acids is 1. The van der Waals surface area contributed by atoms with E-state index in [2.05, 4.69) is 0 Å². The van der Waals surface area contributed by atoms with Gasteiger partial charge in [0, 0.05) is 26.3 Å². The number of nitrogens with zero attached hydrogens (tertiary/aromatic N) is 1. The molecule has 3 rings (SSSR count). The first kappa shape index (κ1) is 16.9. The van der Waals surface area contributed by atoms with Crippen LogP contribution in [0.5, 0.6) is 0 Å². The van der Waals surface area contributed by atoms with E-state index in [9.17, 15) is 9.59 Å². The third kappa shape index (κ3) is 3.44. The van der Waals surface area contributed by atoms with Crippen LogP contribution in [-0.2, 0) is 24.5 Å². The number of benzene rings is 1. The number of hydrogen-bond acceptors (Lipinski definition) is 4. The van der Waals surface area contributed by atoms with E-state index in [0.29, 0.717) is 45.8 Å². The predicted octanol–water partition coefficient (Wildman–Crippen LogP) is 1.44. The second-order valence-corrected chi connectivity index (χ2v) is 6.40. The smallest absolute Gasteiger partial charge is 0.306 e. The molecule has 130 valence electrons. The van der Waals surface area contributed by atoms with Gasteiger partial charge in [0.15, 0.2) is 0 Å². The van der Waals surface area contributed by atoms with Crippen molar-refractivity contribution in [3.63, 3.8) is 0 Å². The number of rotatable bonds is 4. The van der Waals surface area contributed by atoms with E-state index in [1.54, 1.807) is 4.90 Å². The quantitative estimate of drug-likeness (QED) is 0.902. The van der Waals surface area contributed by atoms with Crippen molar-refractivity contribution in [3.8, 4) is 0 Å². The van der Waals surface area contributed by atoms with E-state index < -0.39 is 17.5 Å². The molecule has 6 heteroatoms. The molecule has 1 unspecified atom stereocenters. The number of hydrogen-bond donors (Lipinski definition) is 1. The maximum atomic E-state index is 13.4. The van der Waals surface area contributed by atoms with Gasteiger partial charge in [0.1, 0.15) is 0 Å². The number of morpholine rings is 1. The van der Waals surface area contributed by atoms with Crippen LogP contribution < -0.4 is 0 Å². The molecule has 1 aromatic carbocycles. The van der Waals surface area contributed by atoms with Crippen LogP contribution in [0, 0.1) is 0 Å². The third-order valence-corrected chi connectivity index (χ3v) is 4.91. The monoisotopic (exact) mass is 333 g/mol. The average molecular weight is 333 g/mol. The Morgan fingerprint density at radius 2 is 1.88 bits per heavy atom. The highest BCUT2D eigenvalue weighted by Gasteiger charge is 2.45. The summed E-state index contributed by atoms with van der Waals surface area (Å²) in [5.74, 6) is -0.839. The predicted molar refractivity (Wildman–Crippen MR) is 86.7 cm³/mol. The van der Waals surface area contributed by atoms with Crippen LogP contribution in [0.25, 0.3) is 0 Å². The van der Waals surface area contributed by atoms with Crippen molar-refractivity contribution in [1.82, 2.24) is 4.90 Å². The molecule has 1 atom stereocenters. The molecule has 2 aliphatic rings. The van der Waals surface area contributed by atoms with Gasteiger partial charge in [-0.3, -0.25) is 9.59 Å². The van der Waals surface area contributed by atoms with Crippen LogP contribution in [0.2, 0.25) is 0 Å². The minimum Gasteiger partial charge on any atom is -0.481 e. The normalized spacial score (nSPS) is 23.7. The lowest BCUT2D eigenvalue weighted by molar-refractivity contribution is -0.153. The van der Waals surface area contributed by atoms with Crippen LogP contribution in [0.4, 0.5) is 0 Å². The van der Waals surface area contributed by atoms with Crippen LogP contribution in [-0.4, -0.2) is 60.9 Å². The van der Waals surface area contributed by atoms with Crippen molar-refractivity contribution >= 4 is 11.9 Å². The van der Waals surface area contributed by atoms with Crippen LogP contribution in [0.3, 0.4) is 0 Å². The molecule has 0 bridgehead atoms. The van der Waals surface area contributed by atoms with E-state index in [1.807, 2.05) is 30.3 Å². The highest BCUT2D eigenvalue weighted by molar-refractivity contribution is 5.88. The summed E-state index contributed by atoms with van der Waals surface area (Å²) >= 11 is 0. The molecule has 0 aliphatic carbocycles. The zero-order chi connectivity index (χ0) is 17.0. The van der Waals surface area contributed by atoms with Crippen molar-refractivity contribution in [3.05, 3.63) is 35.9 Å². The Bertz CT molecular complexity index is 582. The molecule has 0 saturated carbocycles. The van der Waals surface area contributed by atoms with Gasteiger partial charge in [-0.2, -0.15) is 0 Å². The molecule has 0 aromatic heterocycles. The summed E-state index contributed by atoms with van der Waals surface area (Å²) in [5, 5.41) is 8.97. The molecule has 1 N–H and O–H groups in total. The van der Waals surface area contributed by atoms with Crippen LogP contribution in [0.15, 0.2) is 30.3 Å². The summed E-state index contributed by atoms with van der Waals surface area (Å²) in [7, 11) is 0. The summed E-state index contributed by atoms with van der Waals surface area (Å²) in [5.41, 5.74) is 0.435. The molecule has 0 radical (unpaired) electrons. The van der Waals surface area contributed by atoms with E-state index >= 15 is 0 Å². The number of carboxylic acid groups (broad SMARTS) is 1. The summed E-state index contributed by atoms with van der Waals surface area (Å²) in [4.78, 5) is 26.1. The van der Waals surface area contributed by atoms with Gasteiger partial charge in [-0.15, -0.1) is 0 Å². The average Bonchev–Trinajstić information content (AvgIpc) is 2.62. The second-order valence-electron chi connectivity index (χ2n) is 6.40. The van der Waals surface area contributed by atoms with Gasteiger partial charge in [0.05, 0.1) is 24.5 Å². The zero-order valence-electron chi connectivity index (χ0n) is 13.6. The molecule has 1 aromatic rings.